The summed E-state index contributed by atoms with van der Waals surface area (Å²) < 4.78 is 5.45. The quantitative estimate of drug-likeness (QED) is 0.631. The summed E-state index contributed by atoms with van der Waals surface area (Å²) in [6.07, 6.45) is 0.925. The molecular weight excluding hydrogens is 362 g/mol. The van der Waals surface area contributed by atoms with Gasteiger partial charge in [0, 0.05) is 11.2 Å². The van der Waals surface area contributed by atoms with Crippen LogP contribution in [-0.2, 0) is 17.9 Å². The number of pyridine rings is 1. The smallest absolute Gasteiger partial charge is 0.416 e. The molecule has 3 rings (SSSR count). The van der Waals surface area contributed by atoms with E-state index in [1.54, 1.807) is 18.2 Å². The van der Waals surface area contributed by atoms with Crippen molar-refractivity contribution in [2.45, 2.75) is 13.2 Å². The van der Waals surface area contributed by atoms with Crippen molar-refractivity contribution in [3.05, 3.63) is 94.6 Å². The van der Waals surface area contributed by atoms with Gasteiger partial charge in [0.25, 0.3) is 0 Å². The van der Waals surface area contributed by atoms with Gasteiger partial charge in [-0.2, -0.15) is 5.26 Å². The van der Waals surface area contributed by atoms with Crippen molar-refractivity contribution in [2.75, 3.05) is 4.90 Å². The van der Waals surface area contributed by atoms with Gasteiger partial charge in [-0.15, -0.1) is 0 Å². The van der Waals surface area contributed by atoms with Crippen LogP contribution in [0, 0.1) is 11.3 Å². The SMILES string of the molecule is N#Cc1cccnc1N(Cc1ccccc1Cl)C(=O)OCc1ccccc1. The summed E-state index contributed by atoms with van der Waals surface area (Å²) >= 11 is 6.24. The maximum Gasteiger partial charge on any atom is 0.416 e. The highest BCUT2D eigenvalue weighted by Crippen LogP contribution is 2.24. The van der Waals surface area contributed by atoms with Gasteiger partial charge in [-0.3, -0.25) is 4.90 Å². The minimum atomic E-state index is -0.603. The number of nitrogens with zero attached hydrogens (tertiary/aromatic N) is 3. The van der Waals surface area contributed by atoms with Crippen LogP contribution in [0.5, 0.6) is 0 Å². The molecule has 134 valence electrons. The number of halogens is 1. The third-order valence-electron chi connectivity index (χ3n) is 3.87. The first kappa shape index (κ1) is 18.4. The van der Waals surface area contributed by atoms with E-state index >= 15 is 0 Å². The van der Waals surface area contributed by atoms with Crippen LogP contribution in [0.15, 0.2) is 72.9 Å². The number of carbonyl (C=O) groups excluding carboxylic acids is 1. The second-order valence-electron chi connectivity index (χ2n) is 5.70. The van der Waals surface area contributed by atoms with Gasteiger partial charge in [0.15, 0.2) is 5.82 Å². The van der Waals surface area contributed by atoms with Gasteiger partial charge in [0.05, 0.1) is 12.1 Å². The third-order valence-corrected chi connectivity index (χ3v) is 4.24. The van der Waals surface area contributed by atoms with Gasteiger partial charge in [0.1, 0.15) is 12.7 Å². The van der Waals surface area contributed by atoms with Crippen LogP contribution in [0.3, 0.4) is 0 Å². The molecule has 0 atom stereocenters. The summed E-state index contributed by atoms with van der Waals surface area (Å²) in [6, 6.07) is 21.9. The number of anilines is 1. The Morgan fingerprint density at radius 1 is 1.07 bits per heavy atom. The molecule has 3 aromatic rings. The van der Waals surface area contributed by atoms with Crippen LogP contribution in [0.2, 0.25) is 5.02 Å². The lowest BCUT2D eigenvalue weighted by atomic mass is 10.2. The molecule has 27 heavy (non-hydrogen) atoms. The summed E-state index contributed by atoms with van der Waals surface area (Å²) in [7, 11) is 0. The molecular formula is C21H16ClN3O2. The molecule has 0 aliphatic rings. The standard InChI is InChI=1S/C21H16ClN3O2/c22-19-11-5-4-9-18(19)14-25(20-17(13-23)10-6-12-24-20)21(26)27-15-16-7-2-1-3-8-16/h1-12H,14-15H2. The topological polar surface area (TPSA) is 66.2 Å². The van der Waals surface area contributed by atoms with Crippen molar-refractivity contribution >= 4 is 23.5 Å². The molecule has 0 bridgehead atoms. The Labute approximate surface area is 162 Å². The molecule has 2 aromatic carbocycles. The highest BCUT2D eigenvalue weighted by molar-refractivity contribution is 6.31. The van der Waals surface area contributed by atoms with E-state index in [0.717, 1.165) is 11.1 Å². The van der Waals surface area contributed by atoms with Gasteiger partial charge in [-0.05, 0) is 29.3 Å². The fourth-order valence-electron chi connectivity index (χ4n) is 2.52. The first-order valence-corrected chi connectivity index (χ1v) is 8.63. The van der Waals surface area contributed by atoms with Crippen LogP contribution in [-0.4, -0.2) is 11.1 Å². The van der Waals surface area contributed by atoms with Crippen molar-refractivity contribution in [2.24, 2.45) is 0 Å². The Balaban J connectivity index is 1.88. The monoisotopic (exact) mass is 377 g/mol. The van der Waals surface area contributed by atoms with Crippen molar-refractivity contribution < 1.29 is 9.53 Å². The molecule has 0 saturated carbocycles. The summed E-state index contributed by atoms with van der Waals surface area (Å²) in [5.41, 5.74) is 1.87. The Kier molecular flexibility index (Phi) is 6.03. The Bertz CT molecular complexity index is 970. The Morgan fingerprint density at radius 3 is 2.56 bits per heavy atom. The molecule has 0 fully saturated rings. The maximum absolute atomic E-state index is 12.8. The maximum atomic E-state index is 12.8. The normalized spacial score (nSPS) is 10.1. The molecule has 0 saturated heterocycles. The van der Waals surface area contributed by atoms with Crippen LogP contribution in [0.4, 0.5) is 10.6 Å². The van der Waals surface area contributed by atoms with E-state index in [0.29, 0.717) is 5.02 Å². The first-order valence-electron chi connectivity index (χ1n) is 8.26. The number of carbonyl (C=O) groups is 1. The molecule has 0 aliphatic carbocycles. The zero-order valence-corrected chi connectivity index (χ0v) is 15.1. The van der Waals surface area contributed by atoms with Crippen molar-refractivity contribution in [1.29, 1.82) is 5.26 Å². The van der Waals surface area contributed by atoms with Gasteiger partial charge in [0.2, 0.25) is 0 Å². The Hall–Kier alpha value is -3.36. The number of hydrogen-bond donors (Lipinski definition) is 0. The zero-order valence-electron chi connectivity index (χ0n) is 14.4. The number of hydrogen-bond acceptors (Lipinski definition) is 4. The lowest BCUT2D eigenvalue weighted by molar-refractivity contribution is 0.146. The van der Waals surface area contributed by atoms with Crippen LogP contribution in [0.1, 0.15) is 16.7 Å². The third kappa shape index (κ3) is 4.63. The largest absolute Gasteiger partial charge is 0.444 e. The fraction of sp³-hybridized carbons (Fsp3) is 0.0952. The predicted octanol–water partition coefficient (Wildman–Crippen LogP) is 4.95. The number of aromatic nitrogens is 1. The van der Waals surface area contributed by atoms with Crippen molar-refractivity contribution in [3.63, 3.8) is 0 Å². The number of nitriles is 1. The number of ether oxygens (including phenoxy) is 1. The highest BCUT2D eigenvalue weighted by atomic mass is 35.5. The van der Waals surface area contributed by atoms with E-state index < -0.39 is 6.09 Å². The second kappa shape index (κ2) is 8.84. The van der Waals surface area contributed by atoms with Crippen LogP contribution < -0.4 is 4.90 Å². The van der Waals surface area contributed by atoms with Gasteiger partial charge in [-0.1, -0.05) is 60.1 Å². The van der Waals surface area contributed by atoms with Crippen molar-refractivity contribution in [3.8, 4) is 6.07 Å². The number of rotatable bonds is 5. The molecule has 0 unspecified atom stereocenters. The van der Waals surface area contributed by atoms with E-state index in [-0.39, 0.29) is 24.5 Å². The van der Waals surface area contributed by atoms with E-state index in [4.69, 9.17) is 16.3 Å². The van der Waals surface area contributed by atoms with E-state index in [9.17, 15) is 10.1 Å². The molecule has 1 heterocycles. The van der Waals surface area contributed by atoms with E-state index in [1.165, 1.54) is 11.1 Å². The van der Waals surface area contributed by atoms with Gasteiger partial charge >= 0.3 is 6.09 Å². The zero-order chi connectivity index (χ0) is 19.1. The van der Waals surface area contributed by atoms with Crippen LogP contribution in [0.25, 0.3) is 0 Å². The highest BCUT2D eigenvalue weighted by Gasteiger charge is 2.23. The summed E-state index contributed by atoms with van der Waals surface area (Å²) in [4.78, 5) is 18.3. The van der Waals surface area contributed by atoms with Crippen molar-refractivity contribution in [1.82, 2.24) is 4.98 Å². The molecule has 0 aliphatic heterocycles. The lowest BCUT2D eigenvalue weighted by Gasteiger charge is -2.22. The molecule has 1 amide bonds. The lowest BCUT2D eigenvalue weighted by Crippen LogP contribution is -2.32. The average Bonchev–Trinajstić information content (AvgIpc) is 2.72. The first-order chi connectivity index (χ1) is 13.2. The second-order valence-corrected chi connectivity index (χ2v) is 6.11. The molecule has 5 nitrogen and oxygen atoms in total. The summed E-state index contributed by atoms with van der Waals surface area (Å²) in [6.45, 7) is 0.256. The predicted molar refractivity (Wildman–Crippen MR) is 103 cm³/mol. The van der Waals surface area contributed by atoms with E-state index in [2.05, 4.69) is 11.1 Å². The molecule has 0 spiro atoms. The molecule has 1 aromatic heterocycles. The summed E-state index contributed by atoms with van der Waals surface area (Å²) in [5.74, 6) is 0.234. The minimum Gasteiger partial charge on any atom is -0.444 e. The molecule has 6 heteroatoms. The molecule has 0 N–H and O–H groups in total. The summed E-state index contributed by atoms with van der Waals surface area (Å²) in [5, 5.41) is 9.90. The van der Waals surface area contributed by atoms with E-state index in [1.807, 2.05) is 48.5 Å². The number of amides is 1. The van der Waals surface area contributed by atoms with Crippen LogP contribution >= 0.6 is 11.6 Å². The van der Waals surface area contributed by atoms with Gasteiger partial charge in [-0.25, -0.2) is 9.78 Å². The minimum absolute atomic E-state index is 0.118. The molecule has 0 radical (unpaired) electrons. The Morgan fingerprint density at radius 2 is 1.81 bits per heavy atom. The number of benzene rings is 2. The fourth-order valence-corrected chi connectivity index (χ4v) is 2.71. The average molecular weight is 378 g/mol. The van der Waals surface area contributed by atoms with Gasteiger partial charge < -0.3 is 4.74 Å².